The molecular formula is C13H17NO3. The molecule has 92 valence electrons. The molecule has 0 N–H and O–H groups in total. The number of amides is 1. The van der Waals surface area contributed by atoms with Gasteiger partial charge in [0.2, 0.25) is 5.91 Å². The second kappa shape index (κ2) is 5.08. The number of carbonyl (C=O) groups is 1. The minimum Gasteiger partial charge on any atom is -0.497 e. The molecule has 2 rings (SSSR count). The van der Waals surface area contributed by atoms with Gasteiger partial charge in [-0.3, -0.25) is 4.79 Å². The van der Waals surface area contributed by atoms with E-state index < -0.39 is 0 Å². The molecule has 0 aliphatic carbocycles. The maximum Gasteiger partial charge on any atom is 0.222 e. The van der Waals surface area contributed by atoms with Crippen molar-refractivity contribution in [2.45, 2.75) is 19.4 Å². The summed E-state index contributed by atoms with van der Waals surface area (Å²) < 4.78 is 10.5. The van der Waals surface area contributed by atoms with E-state index in [1.807, 2.05) is 23.1 Å². The van der Waals surface area contributed by atoms with E-state index in [-0.39, 0.29) is 5.91 Å². The van der Waals surface area contributed by atoms with Gasteiger partial charge in [-0.25, -0.2) is 0 Å². The summed E-state index contributed by atoms with van der Waals surface area (Å²) in [6.45, 7) is 1.43. The fourth-order valence-corrected chi connectivity index (χ4v) is 2.08. The first-order chi connectivity index (χ1) is 8.24. The van der Waals surface area contributed by atoms with Gasteiger partial charge in [0.25, 0.3) is 0 Å². The number of benzene rings is 1. The predicted molar refractivity (Wildman–Crippen MR) is 64.2 cm³/mol. The van der Waals surface area contributed by atoms with E-state index in [1.54, 1.807) is 14.2 Å². The van der Waals surface area contributed by atoms with Gasteiger partial charge in [-0.15, -0.1) is 0 Å². The summed E-state index contributed by atoms with van der Waals surface area (Å²) in [5, 5.41) is 0. The number of nitrogens with zero attached hydrogens (tertiary/aromatic N) is 1. The van der Waals surface area contributed by atoms with Crippen LogP contribution < -0.4 is 9.47 Å². The molecule has 0 bridgehead atoms. The van der Waals surface area contributed by atoms with Crippen LogP contribution in [0.1, 0.15) is 18.4 Å². The lowest BCUT2D eigenvalue weighted by Crippen LogP contribution is -2.24. The molecule has 0 spiro atoms. The molecule has 1 heterocycles. The van der Waals surface area contributed by atoms with Gasteiger partial charge in [-0.2, -0.15) is 0 Å². The molecule has 1 amide bonds. The molecule has 1 aromatic rings. The molecular weight excluding hydrogens is 218 g/mol. The molecule has 0 saturated carbocycles. The second-order valence-corrected chi connectivity index (χ2v) is 4.10. The van der Waals surface area contributed by atoms with Crippen LogP contribution in [-0.4, -0.2) is 31.6 Å². The largest absolute Gasteiger partial charge is 0.497 e. The number of rotatable bonds is 4. The third kappa shape index (κ3) is 2.52. The van der Waals surface area contributed by atoms with E-state index in [4.69, 9.17) is 9.47 Å². The van der Waals surface area contributed by atoms with Crippen molar-refractivity contribution >= 4 is 5.91 Å². The van der Waals surface area contributed by atoms with Crippen molar-refractivity contribution in [3.63, 3.8) is 0 Å². The van der Waals surface area contributed by atoms with Crippen LogP contribution in [0.15, 0.2) is 18.2 Å². The molecule has 1 aliphatic heterocycles. The second-order valence-electron chi connectivity index (χ2n) is 4.10. The first kappa shape index (κ1) is 11.8. The van der Waals surface area contributed by atoms with Gasteiger partial charge in [0, 0.05) is 25.1 Å². The fourth-order valence-electron chi connectivity index (χ4n) is 2.08. The highest BCUT2D eigenvalue weighted by Gasteiger charge is 2.21. The van der Waals surface area contributed by atoms with Crippen molar-refractivity contribution in [3.05, 3.63) is 23.8 Å². The van der Waals surface area contributed by atoms with E-state index in [0.29, 0.717) is 13.0 Å². The third-order valence-electron chi connectivity index (χ3n) is 3.02. The van der Waals surface area contributed by atoms with Crippen LogP contribution in [0.2, 0.25) is 0 Å². The smallest absolute Gasteiger partial charge is 0.222 e. The van der Waals surface area contributed by atoms with Crippen LogP contribution >= 0.6 is 0 Å². The zero-order valence-electron chi connectivity index (χ0n) is 10.2. The van der Waals surface area contributed by atoms with Crippen molar-refractivity contribution in [2.75, 3.05) is 20.8 Å². The third-order valence-corrected chi connectivity index (χ3v) is 3.02. The predicted octanol–water partition coefficient (Wildman–Crippen LogP) is 1.83. The van der Waals surface area contributed by atoms with Gasteiger partial charge in [-0.05, 0) is 24.6 Å². The SMILES string of the molecule is COc1ccc(OC)c(CN2CCCC2=O)c1. The average Bonchev–Trinajstić information content (AvgIpc) is 2.75. The van der Waals surface area contributed by atoms with Crippen LogP contribution in [0.25, 0.3) is 0 Å². The number of carbonyl (C=O) groups excluding carboxylic acids is 1. The summed E-state index contributed by atoms with van der Waals surface area (Å²) in [5.74, 6) is 1.80. The summed E-state index contributed by atoms with van der Waals surface area (Å²) in [5.41, 5.74) is 0.988. The zero-order chi connectivity index (χ0) is 12.3. The van der Waals surface area contributed by atoms with Crippen molar-refractivity contribution in [1.82, 2.24) is 4.90 Å². The number of hydrogen-bond acceptors (Lipinski definition) is 3. The van der Waals surface area contributed by atoms with E-state index in [2.05, 4.69) is 0 Å². The monoisotopic (exact) mass is 235 g/mol. The Bertz CT molecular complexity index is 417. The number of methoxy groups -OCH3 is 2. The number of likely N-dealkylation sites (tertiary alicyclic amines) is 1. The molecule has 1 saturated heterocycles. The summed E-state index contributed by atoms with van der Waals surface area (Å²) in [6.07, 6.45) is 1.61. The van der Waals surface area contributed by atoms with Crippen molar-refractivity contribution in [1.29, 1.82) is 0 Å². The van der Waals surface area contributed by atoms with Crippen molar-refractivity contribution < 1.29 is 14.3 Å². The van der Waals surface area contributed by atoms with Crippen molar-refractivity contribution in [3.8, 4) is 11.5 Å². The zero-order valence-corrected chi connectivity index (χ0v) is 10.2. The van der Waals surface area contributed by atoms with Gasteiger partial charge in [0.15, 0.2) is 0 Å². The van der Waals surface area contributed by atoms with Crippen LogP contribution in [-0.2, 0) is 11.3 Å². The van der Waals surface area contributed by atoms with Crippen molar-refractivity contribution in [2.24, 2.45) is 0 Å². The Balaban J connectivity index is 2.20. The lowest BCUT2D eigenvalue weighted by atomic mass is 10.1. The fraction of sp³-hybridized carbons (Fsp3) is 0.462. The molecule has 0 unspecified atom stereocenters. The minimum absolute atomic E-state index is 0.217. The highest BCUT2D eigenvalue weighted by Crippen LogP contribution is 2.26. The Morgan fingerprint density at radius 1 is 1.29 bits per heavy atom. The Morgan fingerprint density at radius 2 is 2.12 bits per heavy atom. The highest BCUT2D eigenvalue weighted by atomic mass is 16.5. The lowest BCUT2D eigenvalue weighted by Gasteiger charge is -2.18. The molecule has 0 aromatic heterocycles. The van der Waals surface area contributed by atoms with Crippen LogP contribution in [0.5, 0.6) is 11.5 Å². The number of hydrogen-bond donors (Lipinski definition) is 0. The maximum absolute atomic E-state index is 11.6. The van der Waals surface area contributed by atoms with Gasteiger partial charge >= 0.3 is 0 Å². The first-order valence-corrected chi connectivity index (χ1v) is 5.73. The summed E-state index contributed by atoms with van der Waals surface area (Å²) >= 11 is 0. The highest BCUT2D eigenvalue weighted by molar-refractivity contribution is 5.78. The molecule has 17 heavy (non-hydrogen) atoms. The van der Waals surface area contributed by atoms with E-state index >= 15 is 0 Å². The van der Waals surface area contributed by atoms with Gasteiger partial charge < -0.3 is 14.4 Å². The van der Waals surface area contributed by atoms with Gasteiger partial charge in [0.1, 0.15) is 11.5 Å². The van der Waals surface area contributed by atoms with Gasteiger partial charge in [-0.1, -0.05) is 0 Å². The molecule has 0 atom stereocenters. The topological polar surface area (TPSA) is 38.8 Å². The Kier molecular flexibility index (Phi) is 3.52. The molecule has 0 radical (unpaired) electrons. The standard InChI is InChI=1S/C13H17NO3/c1-16-11-5-6-12(17-2)10(8-11)9-14-7-3-4-13(14)15/h5-6,8H,3-4,7,9H2,1-2H3. The van der Waals surface area contributed by atoms with Gasteiger partial charge in [0.05, 0.1) is 14.2 Å². The quantitative estimate of drug-likeness (QED) is 0.799. The maximum atomic E-state index is 11.6. The molecule has 4 heteroatoms. The summed E-state index contributed by atoms with van der Waals surface area (Å²) in [7, 11) is 3.27. The van der Waals surface area contributed by atoms with Crippen LogP contribution in [0, 0.1) is 0 Å². The number of ether oxygens (including phenoxy) is 2. The molecule has 1 aliphatic rings. The average molecular weight is 235 g/mol. The Hall–Kier alpha value is -1.71. The van der Waals surface area contributed by atoms with E-state index in [1.165, 1.54) is 0 Å². The Labute approximate surface area is 101 Å². The summed E-state index contributed by atoms with van der Waals surface area (Å²) in [4.78, 5) is 13.4. The van der Waals surface area contributed by atoms with E-state index in [0.717, 1.165) is 30.0 Å². The molecule has 1 fully saturated rings. The first-order valence-electron chi connectivity index (χ1n) is 5.73. The minimum atomic E-state index is 0.217. The Morgan fingerprint density at radius 3 is 2.71 bits per heavy atom. The summed E-state index contributed by atoms with van der Waals surface area (Å²) in [6, 6.07) is 5.65. The van der Waals surface area contributed by atoms with E-state index in [9.17, 15) is 4.79 Å². The lowest BCUT2D eigenvalue weighted by molar-refractivity contribution is -0.128. The molecule has 1 aromatic carbocycles. The molecule has 4 nitrogen and oxygen atoms in total. The van der Waals surface area contributed by atoms with Crippen LogP contribution in [0.3, 0.4) is 0 Å². The normalized spacial score (nSPS) is 15.2. The van der Waals surface area contributed by atoms with Crippen LogP contribution in [0.4, 0.5) is 0 Å².